The lowest BCUT2D eigenvalue weighted by atomic mass is 10.1. The number of fused-ring (bicyclic) bond motifs is 1. The number of imidazole rings is 1. The van der Waals surface area contributed by atoms with Crippen molar-refractivity contribution in [2.24, 2.45) is 14.1 Å². The smallest absolute Gasteiger partial charge is 0.434 e. The molecule has 0 fully saturated rings. The fraction of sp³-hybridized carbons (Fsp3) is 0.200. The summed E-state index contributed by atoms with van der Waals surface area (Å²) in [5.74, 6) is 0.00848. The molecular weight excluding hydrogens is 514 g/mol. The van der Waals surface area contributed by atoms with Gasteiger partial charge in [0.25, 0.3) is 0 Å². The number of hydrogen-bond acceptors (Lipinski definition) is 5. The summed E-state index contributed by atoms with van der Waals surface area (Å²) in [7, 11) is 3.09. The molecule has 0 aliphatic carbocycles. The van der Waals surface area contributed by atoms with Gasteiger partial charge in [0.05, 0.1) is 11.8 Å². The normalized spacial score (nSPS) is 12.3. The minimum Gasteiger partial charge on any atom is -0.471 e. The number of nitrogens with zero attached hydrogens (tertiary/aromatic N) is 6. The van der Waals surface area contributed by atoms with Crippen LogP contribution in [0, 0.1) is 0 Å². The summed E-state index contributed by atoms with van der Waals surface area (Å²) in [6.07, 6.45) is -6.85. The molecule has 3 heterocycles. The molecule has 0 aliphatic rings. The maximum atomic E-state index is 13.6. The van der Waals surface area contributed by atoms with Gasteiger partial charge in [0.2, 0.25) is 5.88 Å². The maximum absolute atomic E-state index is 13.6. The van der Waals surface area contributed by atoms with Crippen LogP contribution in [0.1, 0.15) is 16.8 Å². The van der Waals surface area contributed by atoms with Gasteiger partial charge in [-0.05, 0) is 11.6 Å². The molecule has 0 N–H and O–H groups in total. The minimum atomic E-state index is -4.61. The molecule has 38 heavy (non-hydrogen) atoms. The first kappa shape index (κ1) is 25.2. The third kappa shape index (κ3) is 4.78. The van der Waals surface area contributed by atoms with E-state index in [2.05, 4.69) is 20.1 Å². The molecule has 0 saturated heterocycles. The lowest BCUT2D eigenvalue weighted by molar-refractivity contribution is -0.141. The van der Waals surface area contributed by atoms with Gasteiger partial charge >= 0.3 is 12.4 Å². The largest absolute Gasteiger partial charge is 0.471 e. The molecule has 0 unspecified atom stereocenters. The predicted molar refractivity (Wildman–Crippen MR) is 125 cm³/mol. The molecule has 0 aliphatic heterocycles. The number of rotatable bonds is 5. The molecule has 3 aromatic heterocycles. The highest BCUT2D eigenvalue weighted by atomic mass is 19.4. The number of hydrogen-bond donors (Lipinski definition) is 0. The first-order valence-corrected chi connectivity index (χ1v) is 11.1. The molecule has 0 spiro atoms. The van der Waals surface area contributed by atoms with Crippen molar-refractivity contribution in [3.05, 3.63) is 77.7 Å². The van der Waals surface area contributed by atoms with Crippen molar-refractivity contribution in [2.45, 2.75) is 19.0 Å². The third-order valence-electron chi connectivity index (χ3n) is 5.78. The van der Waals surface area contributed by atoms with E-state index in [4.69, 9.17) is 4.74 Å². The maximum Gasteiger partial charge on any atom is 0.434 e. The van der Waals surface area contributed by atoms with E-state index in [0.717, 1.165) is 12.3 Å². The second-order valence-electron chi connectivity index (χ2n) is 8.44. The van der Waals surface area contributed by atoms with E-state index in [1.165, 1.54) is 40.7 Å². The summed E-state index contributed by atoms with van der Waals surface area (Å²) in [5.41, 5.74) is -0.271. The Labute approximate surface area is 211 Å². The number of aromatic nitrogens is 6. The highest BCUT2D eigenvalue weighted by Gasteiger charge is 2.35. The van der Waals surface area contributed by atoms with Gasteiger partial charge in [-0.1, -0.05) is 42.5 Å². The minimum absolute atomic E-state index is 0.0215. The highest BCUT2D eigenvalue weighted by molar-refractivity contribution is 5.82. The molecule has 13 heteroatoms. The van der Waals surface area contributed by atoms with Crippen LogP contribution in [-0.2, 0) is 33.1 Å². The fourth-order valence-electron chi connectivity index (χ4n) is 3.96. The van der Waals surface area contributed by atoms with E-state index >= 15 is 0 Å². The number of halogens is 6. The van der Waals surface area contributed by atoms with Crippen molar-refractivity contribution in [1.82, 2.24) is 29.3 Å². The van der Waals surface area contributed by atoms with Crippen LogP contribution >= 0.6 is 0 Å². The molecule has 0 bridgehead atoms. The van der Waals surface area contributed by atoms with Crippen molar-refractivity contribution in [2.75, 3.05) is 0 Å². The van der Waals surface area contributed by atoms with Crippen molar-refractivity contribution < 1.29 is 31.1 Å². The van der Waals surface area contributed by atoms with Crippen LogP contribution in [0.5, 0.6) is 5.88 Å². The highest BCUT2D eigenvalue weighted by Crippen LogP contribution is 2.37. The summed E-state index contributed by atoms with van der Waals surface area (Å²) in [6, 6.07) is 11.5. The van der Waals surface area contributed by atoms with Crippen LogP contribution in [0.3, 0.4) is 0 Å². The molecule has 5 rings (SSSR count). The average Bonchev–Trinajstić information content (AvgIpc) is 3.45. The van der Waals surface area contributed by atoms with Crippen molar-refractivity contribution in [3.63, 3.8) is 0 Å². The van der Waals surface area contributed by atoms with Gasteiger partial charge in [0.15, 0.2) is 11.5 Å². The van der Waals surface area contributed by atoms with Crippen molar-refractivity contribution in [1.29, 1.82) is 0 Å². The van der Waals surface area contributed by atoms with Crippen LogP contribution in [0.4, 0.5) is 26.3 Å². The SMILES string of the molecule is Cn1cc(C(F)(F)F)nc1-c1ccc(COc2nc(-c3ccccc3C(F)(F)F)nc3cnn(C)c23)cc1. The molecule has 2 aromatic carbocycles. The summed E-state index contributed by atoms with van der Waals surface area (Å²) in [6.45, 7) is -0.0215. The number of alkyl halides is 6. The summed E-state index contributed by atoms with van der Waals surface area (Å²) >= 11 is 0. The fourth-order valence-corrected chi connectivity index (χ4v) is 3.96. The lowest BCUT2D eigenvalue weighted by Gasteiger charge is -2.13. The molecule has 5 aromatic rings. The van der Waals surface area contributed by atoms with Crippen molar-refractivity contribution >= 4 is 11.0 Å². The predicted octanol–water partition coefficient (Wildman–Crippen LogP) is 6.05. The molecule has 0 atom stereocenters. The standard InChI is InChI=1S/C25H18F6N6O/c1-36-12-19(25(29,30)31)34-22(36)15-9-7-14(8-10-15)13-38-23-20-18(11-32-37(20)2)33-21(35-23)16-5-3-4-6-17(16)24(26,27)28/h3-12H,13H2,1-2H3. The van der Waals surface area contributed by atoms with Gasteiger partial charge in [0, 0.05) is 31.4 Å². The Bertz CT molecular complexity index is 1620. The first-order valence-electron chi connectivity index (χ1n) is 11.1. The Hall–Kier alpha value is -4.42. The molecule has 0 radical (unpaired) electrons. The second kappa shape index (κ2) is 9.15. The molecular formula is C25H18F6N6O. The van der Waals surface area contributed by atoms with E-state index in [1.807, 2.05) is 0 Å². The first-order chi connectivity index (χ1) is 17.9. The van der Waals surface area contributed by atoms with E-state index < -0.39 is 23.6 Å². The van der Waals surface area contributed by atoms with Gasteiger partial charge in [-0.2, -0.15) is 36.4 Å². The summed E-state index contributed by atoms with van der Waals surface area (Å²) < 4.78 is 88.4. The Kier molecular flexibility index (Phi) is 6.08. The topological polar surface area (TPSA) is 70.7 Å². The van der Waals surface area contributed by atoms with E-state index in [1.54, 1.807) is 31.3 Å². The zero-order valence-electron chi connectivity index (χ0n) is 19.8. The van der Waals surface area contributed by atoms with Crippen LogP contribution in [0.25, 0.3) is 33.8 Å². The quantitative estimate of drug-likeness (QED) is 0.258. The van der Waals surface area contributed by atoms with E-state index in [9.17, 15) is 26.3 Å². The lowest BCUT2D eigenvalue weighted by Crippen LogP contribution is -2.09. The summed E-state index contributed by atoms with van der Waals surface area (Å²) in [4.78, 5) is 12.2. The number of benzene rings is 2. The van der Waals surface area contributed by atoms with E-state index in [0.29, 0.717) is 22.2 Å². The molecule has 0 amide bonds. The molecule has 196 valence electrons. The Morgan fingerprint density at radius 2 is 1.55 bits per heavy atom. The molecule has 0 saturated carbocycles. The zero-order chi connectivity index (χ0) is 27.2. The summed E-state index contributed by atoms with van der Waals surface area (Å²) in [5, 5.41) is 4.11. The van der Waals surface area contributed by atoms with Crippen molar-refractivity contribution in [3.8, 4) is 28.7 Å². The van der Waals surface area contributed by atoms with Crippen LogP contribution in [-0.4, -0.2) is 29.3 Å². The number of ether oxygens (including phenoxy) is 1. The third-order valence-corrected chi connectivity index (χ3v) is 5.78. The van der Waals surface area contributed by atoms with Gasteiger partial charge < -0.3 is 9.30 Å². The van der Waals surface area contributed by atoms with Gasteiger partial charge in [-0.15, -0.1) is 0 Å². The van der Waals surface area contributed by atoms with Crippen LogP contribution in [0.15, 0.2) is 60.9 Å². The van der Waals surface area contributed by atoms with Crippen LogP contribution in [0.2, 0.25) is 0 Å². The van der Waals surface area contributed by atoms with Gasteiger partial charge in [-0.3, -0.25) is 4.68 Å². The number of aryl methyl sites for hydroxylation is 2. The molecule has 7 nitrogen and oxygen atoms in total. The van der Waals surface area contributed by atoms with Gasteiger partial charge in [-0.25, -0.2) is 9.97 Å². The van der Waals surface area contributed by atoms with Gasteiger partial charge in [0.1, 0.15) is 23.5 Å². The van der Waals surface area contributed by atoms with Crippen LogP contribution < -0.4 is 4.74 Å². The average molecular weight is 532 g/mol. The Balaban J connectivity index is 1.44. The second-order valence-corrected chi connectivity index (χ2v) is 8.44. The Morgan fingerprint density at radius 1 is 0.842 bits per heavy atom. The zero-order valence-corrected chi connectivity index (χ0v) is 19.8. The Morgan fingerprint density at radius 3 is 2.21 bits per heavy atom. The van der Waals surface area contributed by atoms with E-state index in [-0.39, 0.29) is 29.7 Å². The monoisotopic (exact) mass is 532 g/mol.